The van der Waals surface area contributed by atoms with Gasteiger partial charge in [-0.1, -0.05) is 97.1 Å². The molecule has 0 amide bonds. The number of thiophene rings is 2. The van der Waals surface area contributed by atoms with Crippen molar-refractivity contribution in [1.82, 2.24) is 9.13 Å². The molecule has 0 spiro atoms. The summed E-state index contributed by atoms with van der Waals surface area (Å²) in [5.41, 5.74) is 11.5. The number of fused-ring (bicyclic) bond motifs is 13. The number of allylic oxidation sites excluding steroid dienone is 1. The van der Waals surface area contributed by atoms with Crippen molar-refractivity contribution < 1.29 is 0 Å². The molecule has 1 aliphatic rings. The molecule has 0 saturated heterocycles. The van der Waals surface area contributed by atoms with Crippen LogP contribution in [0.4, 0.5) is 0 Å². The number of aromatic nitrogens is 2. The molecule has 0 bridgehead atoms. The van der Waals surface area contributed by atoms with Gasteiger partial charge in [-0.2, -0.15) is 0 Å². The normalized spacial score (nSPS) is 13.2. The van der Waals surface area contributed by atoms with Crippen LogP contribution in [0.15, 0.2) is 152 Å². The van der Waals surface area contributed by atoms with Crippen LogP contribution in [-0.2, 0) is 6.42 Å². The fraction of sp³-hybridized carbons (Fsp3) is 0.0417. The van der Waals surface area contributed by atoms with Crippen LogP contribution >= 0.6 is 22.7 Å². The van der Waals surface area contributed by atoms with Gasteiger partial charge in [0.2, 0.25) is 0 Å². The van der Waals surface area contributed by atoms with Crippen LogP contribution in [0.25, 0.3) is 102 Å². The summed E-state index contributed by atoms with van der Waals surface area (Å²) in [6.07, 6.45) is 6.88. The van der Waals surface area contributed by atoms with Gasteiger partial charge in [-0.3, -0.25) is 0 Å². The number of benzene rings is 7. The van der Waals surface area contributed by atoms with Crippen LogP contribution < -0.4 is 0 Å². The second kappa shape index (κ2) is 10.8. The van der Waals surface area contributed by atoms with E-state index in [0.29, 0.717) is 0 Å². The van der Waals surface area contributed by atoms with Crippen molar-refractivity contribution in [2.24, 2.45) is 0 Å². The lowest BCUT2D eigenvalue weighted by molar-refractivity contribution is 1.01. The first-order valence-corrected chi connectivity index (χ1v) is 19.6. The van der Waals surface area contributed by atoms with E-state index in [-0.39, 0.29) is 0 Å². The molecule has 2 nitrogen and oxygen atoms in total. The van der Waals surface area contributed by atoms with Gasteiger partial charge in [0, 0.05) is 68.1 Å². The third kappa shape index (κ3) is 3.88. The number of hydrogen-bond acceptors (Lipinski definition) is 2. The predicted octanol–water partition coefficient (Wildman–Crippen LogP) is 14.1. The summed E-state index contributed by atoms with van der Waals surface area (Å²) in [5.74, 6) is 0. The molecule has 0 aliphatic heterocycles. The fourth-order valence-electron chi connectivity index (χ4n) is 9.05. The third-order valence-electron chi connectivity index (χ3n) is 11.2. The van der Waals surface area contributed by atoms with Gasteiger partial charge >= 0.3 is 0 Å². The van der Waals surface area contributed by atoms with Gasteiger partial charge in [-0.15, -0.1) is 22.7 Å². The zero-order valence-electron chi connectivity index (χ0n) is 28.1. The first-order valence-electron chi connectivity index (χ1n) is 18.0. The van der Waals surface area contributed by atoms with E-state index in [4.69, 9.17) is 0 Å². The fourth-order valence-corrected chi connectivity index (χ4v) is 11.4. The molecule has 4 aromatic heterocycles. The maximum absolute atomic E-state index is 2.53. The molecule has 0 saturated carbocycles. The topological polar surface area (TPSA) is 9.86 Å². The van der Waals surface area contributed by atoms with Gasteiger partial charge in [-0.05, 0) is 90.2 Å². The lowest BCUT2D eigenvalue weighted by Crippen LogP contribution is -1.98. The molecule has 4 heteroatoms. The minimum absolute atomic E-state index is 1.11. The van der Waals surface area contributed by atoms with Gasteiger partial charge < -0.3 is 9.13 Å². The molecule has 0 N–H and O–H groups in total. The monoisotopic (exact) mass is 698 g/mol. The highest BCUT2D eigenvalue weighted by molar-refractivity contribution is 7.26. The number of para-hydroxylation sites is 3. The second-order valence-corrected chi connectivity index (χ2v) is 16.1. The largest absolute Gasteiger partial charge is 0.307 e. The van der Waals surface area contributed by atoms with Gasteiger partial charge in [0.15, 0.2) is 0 Å². The first-order chi connectivity index (χ1) is 25.8. The summed E-state index contributed by atoms with van der Waals surface area (Å²) in [6.45, 7) is 0. The van der Waals surface area contributed by atoms with E-state index in [9.17, 15) is 0 Å². The summed E-state index contributed by atoms with van der Waals surface area (Å²) >= 11 is 3.84. The molecule has 0 radical (unpaired) electrons. The lowest BCUT2D eigenvalue weighted by Gasteiger charge is -2.13. The SMILES string of the molecule is C1=Cc2sc3cccc(-c4cccc5sc6ccc(-n7c8ccccc8c8ccc9c%10ccccc%10n(-c%10ccccc%10)c9c87)cc6c45)c3c2CC1. The molecule has 244 valence electrons. The minimum Gasteiger partial charge on any atom is -0.307 e. The van der Waals surface area contributed by atoms with Crippen LogP contribution in [-0.4, -0.2) is 9.13 Å². The number of nitrogens with zero attached hydrogens (tertiary/aromatic N) is 2. The van der Waals surface area contributed by atoms with E-state index in [0.717, 1.165) is 12.8 Å². The molecule has 7 aromatic carbocycles. The Morgan fingerprint density at radius 1 is 0.442 bits per heavy atom. The molecule has 0 atom stereocenters. The van der Waals surface area contributed by atoms with Crippen molar-refractivity contribution in [1.29, 1.82) is 0 Å². The molecule has 0 fully saturated rings. The van der Waals surface area contributed by atoms with E-state index in [1.807, 2.05) is 22.7 Å². The van der Waals surface area contributed by atoms with Crippen molar-refractivity contribution in [3.63, 3.8) is 0 Å². The molecular formula is C48H30N2S2. The first kappa shape index (κ1) is 28.7. The third-order valence-corrected chi connectivity index (χ3v) is 13.5. The van der Waals surface area contributed by atoms with Crippen LogP contribution in [0.1, 0.15) is 16.9 Å². The van der Waals surface area contributed by atoms with E-state index in [1.165, 1.54) is 107 Å². The van der Waals surface area contributed by atoms with Gasteiger partial charge in [-0.25, -0.2) is 0 Å². The molecule has 1 aliphatic carbocycles. The van der Waals surface area contributed by atoms with Crippen molar-refractivity contribution in [2.75, 3.05) is 0 Å². The Labute approximate surface area is 307 Å². The van der Waals surface area contributed by atoms with E-state index < -0.39 is 0 Å². The summed E-state index contributed by atoms with van der Waals surface area (Å²) in [5, 5.41) is 9.17. The minimum atomic E-state index is 1.11. The zero-order valence-corrected chi connectivity index (χ0v) is 29.8. The standard InChI is InChI=1S/C48H30N2S2/c1-2-12-29(13-3-1)49-39-19-7-4-14-31(39)35-25-26-36-32-15-5-8-20-40(32)50(48(36)47(35)49)30-24-27-42-38(28-30)46-34(18-11-23-44(46)52-42)33-17-10-22-43-45(33)37-16-6-9-21-41(37)51-43/h1-5,7-15,17-28H,6,16H2. The van der Waals surface area contributed by atoms with Gasteiger partial charge in [0.1, 0.15) is 0 Å². The van der Waals surface area contributed by atoms with Crippen LogP contribution in [0.3, 0.4) is 0 Å². The van der Waals surface area contributed by atoms with Crippen LogP contribution in [0, 0.1) is 0 Å². The smallest absolute Gasteiger partial charge is 0.0788 e. The molecule has 52 heavy (non-hydrogen) atoms. The maximum atomic E-state index is 2.53. The van der Waals surface area contributed by atoms with Crippen molar-refractivity contribution in [2.45, 2.75) is 12.8 Å². The molecule has 4 heterocycles. The highest BCUT2D eigenvalue weighted by Crippen LogP contribution is 2.47. The van der Waals surface area contributed by atoms with Crippen molar-refractivity contribution >= 4 is 103 Å². The average molecular weight is 699 g/mol. The molecule has 0 unspecified atom stereocenters. The zero-order chi connectivity index (χ0) is 33.9. The molecular weight excluding hydrogens is 669 g/mol. The molecule has 12 rings (SSSR count). The van der Waals surface area contributed by atoms with Crippen LogP contribution in [0.2, 0.25) is 0 Å². The van der Waals surface area contributed by atoms with Gasteiger partial charge in [0.25, 0.3) is 0 Å². The maximum Gasteiger partial charge on any atom is 0.0788 e. The summed E-state index contributed by atoms with van der Waals surface area (Å²) in [7, 11) is 0. The number of aryl methyl sites for hydroxylation is 1. The van der Waals surface area contributed by atoms with Crippen molar-refractivity contribution in [3.8, 4) is 22.5 Å². The Hall–Kier alpha value is -5.94. The quantitative estimate of drug-likeness (QED) is 0.174. The lowest BCUT2D eigenvalue weighted by atomic mass is 9.92. The van der Waals surface area contributed by atoms with E-state index >= 15 is 0 Å². The summed E-state index contributed by atoms with van der Waals surface area (Å²) in [6, 6.07) is 54.2. The van der Waals surface area contributed by atoms with Crippen molar-refractivity contribution in [3.05, 3.63) is 162 Å². The Bertz CT molecular complexity index is 3290. The second-order valence-electron chi connectivity index (χ2n) is 13.9. The Morgan fingerprint density at radius 3 is 1.81 bits per heavy atom. The van der Waals surface area contributed by atoms with E-state index in [2.05, 4.69) is 167 Å². The Balaban J connectivity index is 1.20. The Morgan fingerprint density at radius 2 is 1.08 bits per heavy atom. The average Bonchev–Trinajstić information content (AvgIpc) is 3.95. The number of hydrogen-bond donors (Lipinski definition) is 0. The van der Waals surface area contributed by atoms with Gasteiger partial charge in [0.05, 0.1) is 22.1 Å². The number of rotatable bonds is 3. The highest BCUT2D eigenvalue weighted by atomic mass is 32.1. The summed E-state index contributed by atoms with van der Waals surface area (Å²) in [4.78, 5) is 1.42. The molecule has 11 aromatic rings. The Kier molecular flexibility index (Phi) is 5.96. The van der Waals surface area contributed by atoms with Crippen LogP contribution in [0.5, 0.6) is 0 Å². The highest BCUT2D eigenvalue weighted by Gasteiger charge is 2.23. The summed E-state index contributed by atoms with van der Waals surface area (Å²) < 4.78 is 9.03. The van der Waals surface area contributed by atoms with E-state index in [1.54, 1.807) is 0 Å². The predicted molar refractivity (Wildman–Crippen MR) is 226 cm³/mol.